The third kappa shape index (κ3) is 1.28. The number of rotatable bonds is 1. The first kappa shape index (κ1) is 10.9. The van der Waals surface area contributed by atoms with Crippen LogP contribution < -0.4 is 5.56 Å². The number of H-pyrrole nitrogens is 2. The number of aromatic nitrogens is 2. The first-order valence-electron chi connectivity index (χ1n) is 4.76. The maximum Gasteiger partial charge on any atom is 0.269 e. The fourth-order valence-corrected chi connectivity index (χ4v) is 2.09. The van der Waals surface area contributed by atoms with Crippen molar-refractivity contribution in [3.63, 3.8) is 0 Å². The van der Waals surface area contributed by atoms with Gasteiger partial charge in [-0.2, -0.15) is 0 Å². The van der Waals surface area contributed by atoms with Gasteiger partial charge in [-0.25, -0.2) is 0 Å². The van der Waals surface area contributed by atoms with Gasteiger partial charge in [0.2, 0.25) is 0 Å². The summed E-state index contributed by atoms with van der Waals surface area (Å²) in [5, 5.41) is 5.60. The van der Waals surface area contributed by atoms with Gasteiger partial charge in [-0.15, -0.1) is 0 Å². The van der Waals surface area contributed by atoms with Gasteiger partial charge in [-0.1, -0.05) is 0 Å². The van der Waals surface area contributed by atoms with Gasteiger partial charge in [-0.3, -0.25) is 19.6 Å². The van der Waals surface area contributed by atoms with Crippen molar-refractivity contribution in [3.05, 3.63) is 21.6 Å². The number of nitrogens with zero attached hydrogens (tertiary/aromatic N) is 2. The molecule has 0 aliphatic carbocycles. The van der Waals surface area contributed by atoms with E-state index in [9.17, 15) is 9.59 Å². The van der Waals surface area contributed by atoms with Crippen LogP contribution in [0.5, 0.6) is 0 Å². The van der Waals surface area contributed by atoms with Gasteiger partial charge in [0, 0.05) is 19.8 Å². The highest BCUT2D eigenvalue weighted by molar-refractivity contribution is 7.80. The van der Waals surface area contributed by atoms with Crippen molar-refractivity contribution >= 4 is 23.2 Å². The molecule has 1 aromatic heterocycles. The number of aromatic amines is 2. The molecule has 0 radical (unpaired) electrons. The molecule has 16 heavy (non-hydrogen) atoms. The normalized spacial score (nSPS) is 21.1. The van der Waals surface area contributed by atoms with Crippen LogP contribution in [0.25, 0.3) is 0 Å². The first-order chi connectivity index (χ1) is 7.45. The van der Waals surface area contributed by atoms with Crippen molar-refractivity contribution in [3.8, 4) is 0 Å². The Kier molecular flexibility index (Phi) is 2.34. The Morgan fingerprint density at radius 1 is 1.25 bits per heavy atom. The molecule has 0 spiro atoms. The molecule has 7 heteroatoms. The van der Waals surface area contributed by atoms with E-state index in [0.29, 0.717) is 16.4 Å². The maximum atomic E-state index is 12.0. The SMILES string of the molecule is Cc1[nH][nH]c(=O)c1C1C(=O)N(C)C(=S)N1C. The van der Waals surface area contributed by atoms with Gasteiger partial charge in [0.05, 0.1) is 5.56 Å². The second kappa shape index (κ2) is 3.44. The molecule has 2 N–H and O–H groups in total. The van der Waals surface area contributed by atoms with Gasteiger partial charge < -0.3 is 10.00 Å². The largest absolute Gasteiger partial charge is 0.336 e. The van der Waals surface area contributed by atoms with E-state index >= 15 is 0 Å². The van der Waals surface area contributed by atoms with Crippen molar-refractivity contribution in [2.24, 2.45) is 0 Å². The summed E-state index contributed by atoms with van der Waals surface area (Å²) >= 11 is 5.09. The molecule has 0 bridgehead atoms. The third-order valence-electron chi connectivity index (χ3n) is 2.83. The molecule has 1 amide bonds. The number of amides is 1. The molecule has 1 unspecified atom stereocenters. The quantitative estimate of drug-likeness (QED) is 0.663. The number of thiocarbonyl (C=S) groups is 1. The van der Waals surface area contributed by atoms with E-state index in [1.165, 1.54) is 4.90 Å². The van der Waals surface area contributed by atoms with Gasteiger partial charge in [0.25, 0.3) is 11.5 Å². The monoisotopic (exact) mass is 240 g/mol. The first-order valence-corrected chi connectivity index (χ1v) is 5.17. The van der Waals surface area contributed by atoms with Crippen molar-refractivity contribution in [1.29, 1.82) is 0 Å². The smallest absolute Gasteiger partial charge is 0.269 e. The molecule has 2 rings (SSSR count). The van der Waals surface area contributed by atoms with Gasteiger partial charge in [-0.05, 0) is 19.1 Å². The lowest BCUT2D eigenvalue weighted by molar-refractivity contribution is -0.127. The van der Waals surface area contributed by atoms with E-state index in [-0.39, 0.29) is 11.5 Å². The van der Waals surface area contributed by atoms with Crippen LogP contribution in [0.1, 0.15) is 17.3 Å². The molecule has 1 atom stereocenters. The average molecular weight is 240 g/mol. The lowest BCUT2D eigenvalue weighted by Gasteiger charge is -2.16. The van der Waals surface area contributed by atoms with Crippen LogP contribution in [0.3, 0.4) is 0 Å². The molecule has 0 saturated carbocycles. The fourth-order valence-electron chi connectivity index (χ4n) is 1.89. The number of carbonyl (C=O) groups excluding carboxylic acids is 1. The number of carbonyl (C=O) groups is 1. The summed E-state index contributed by atoms with van der Waals surface area (Å²) < 4.78 is 0. The Hall–Kier alpha value is -1.63. The molecular weight excluding hydrogens is 228 g/mol. The molecule has 1 aliphatic heterocycles. The number of aryl methyl sites for hydroxylation is 1. The summed E-state index contributed by atoms with van der Waals surface area (Å²) in [6.07, 6.45) is 0. The molecule has 1 saturated heterocycles. The highest BCUT2D eigenvalue weighted by Gasteiger charge is 2.41. The van der Waals surface area contributed by atoms with Crippen molar-refractivity contribution < 1.29 is 4.79 Å². The molecular formula is C9H12N4O2S. The standard InChI is InChI=1S/C9H12N4O2S/c1-4-5(7(14)11-10-4)6-8(15)13(3)9(16)12(6)2/h6H,1-3H3,(H2,10,11,14). The Morgan fingerprint density at radius 3 is 2.25 bits per heavy atom. The number of hydrogen-bond acceptors (Lipinski definition) is 3. The van der Waals surface area contributed by atoms with Gasteiger partial charge in [0.15, 0.2) is 5.11 Å². The molecule has 86 valence electrons. The lowest BCUT2D eigenvalue weighted by Crippen LogP contribution is -2.28. The summed E-state index contributed by atoms with van der Waals surface area (Å²) in [6.45, 7) is 1.75. The topological polar surface area (TPSA) is 72.2 Å². The van der Waals surface area contributed by atoms with Crippen LogP contribution in [0.4, 0.5) is 0 Å². The van der Waals surface area contributed by atoms with Crippen molar-refractivity contribution in [2.75, 3.05) is 14.1 Å². The second-order valence-corrected chi connectivity index (χ2v) is 4.18. The Balaban J connectivity index is 2.54. The Labute approximate surface area is 97.2 Å². The maximum absolute atomic E-state index is 12.0. The molecule has 0 aromatic carbocycles. The minimum absolute atomic E-state index is 0.180. The van der Waals surface area contributed by atoms with E-state index < -0.39 is 6.04 Å². The highest BCUT2D eigenvalue weighted by Crippen LogP contribution is 2.27. The van der Waals surface area contributed by atoms with Gasteiger partial charge >= 0.3 is 0 Å². The van der Waals surface area contributed by atoms with Gasteiger partial charge in [0.1, 0.15) is 6.04 Å². The van der Waals surface area contributed by atoms with Crippen LogP contribution in [0, 0.1) is 6.92 Å². The molecule has 1 fully saturated rings. The zero-order valence-electron chi connectivity index (χ0n) is 9.20. The summed E-state index contributed by atoms with van der Waals surface area (Å²) in [5.74, 6) is -0.180. The summed E-state index contributed by atoms with van der Waals surface area (Å²) in [6, 6.07) is -0.618. The predicted octanol–water partition coefficient (Wildman–Crippen LogP) is -0.259. The summed E-state index contributed by atoms with van der Waals surface area (Å²) in [5.41, 5.74) is 0.813. The summed E-state index contributed by atoms with van der Waals surface area (Å²) in [7, 11) is 3.32. The van der Waals surface area contributed by atoms with Crippen LogP contribution >= 0.6 is 12.2 Å². The fraction of sp³-hybridized carbons (Fsp3) is 0.444. The molecule has 6 nitrogen and oxygen atoms in total. The second-order valence-electron chi connectivity index (χ2n) is 3.81. The van der Waals surface area contributed by atoms with E-state index in [1.807, 2.05) is 0 Å². The van der Waals surface area contributed by atoms with Crippen LogP contribution in [0.15, 0.2) is 4.79 Å². The lowest BCUT2D eigenvalue weighted by atomic mass is 10.1. The number of likely N-dealkylation sites (N-methyl/N-ethyl adjacent to an activating group) is 2. The van der Waals surface area contributed by atoms with Crippen molar-refractivity contribution in [2.45, 2.75) is 13.0 Å². The van der Waals surface area contributed by atoms with Crippen LogP contribution in [-0.4, -0.2) is 45.1 Å². The molecule has 1 aliphatic rings. The minimum Gasteiger partial charge on any atom is -0.336 e. The number of hydrogen-bond donors (Lipinski definition) is 2. The van der Waals surface area contributed by atoms with Crippen molar-refractivity contribution in [1.82, 2.24) is 20.0 Å². The third-order valence-corrected chi connectivity index (χ3v) is 3.39. The Morgan fingerprint density at radius 2 is 1.88 bits per heavy atom. The highest BCUT2D eigenvalue weighted by atomic mass is 32.1. The van der Waals surface area contributed by atoms with E-state index in [2.05, 4.69) is 10.2 Å². The predicted molar refractivity (Wildman–Crippen MR) is 62.0 cm³/mol. The summed E-state index contributed by atoms with van der Waals surface area (Å²) in [4.78, 5) is 26.6. The number of nitrogens with one attached hydrogen (secondary N) is 2. The van der Waals surface area contributed by atoms with Crippen LogP contribution in [-0.2, 0) is 4.79 Å². The molecule has 1 aromatic rings. The zero-order valence-corrected chi connectivity index (χ0v) is 10.0. The van der Waals surface area contributed by atoms with Crippen LogP contribution in [0.2, 0.25) is 0 Å². The zero-order chi connectivity index (χ0) is 12.0. The van der Waals surface area contributed by atoms with E-state index in [4.69, 9.17) is 12.2 Å². The minimum atomic E-state index is -0.618. The van der Waals surface area contributed by atoms with E-state index in [0.717, 1.165) is 0 Å². The average Bonchev–Trinajstić information content (AvgIpc) is 2.65. The Bertz CT molecular complexity index is 518. The van der Waals surface area contributed by atoms with E-state index in [1.54, 1.807) is 25.9 Å². The molecule has 2 heterocycles.